The quantitative estimate of drug-likeness (QED) is 0.829. The number of hydrogen-bond acceptors (Lipinski definition) is 3. The van der Waals surface area contributed by atoms with Gasteiger partial charge in [-0.1, -0.05) is 0 Å². The van der Waals surface area contributed by atoms with Gasteiger partial charge in [0.05, 0.1) is 12.2 Å². The van der Waals surface area contributed by atoms with Gasteiger partial charge in [-0.3, -0.25) is 4.90 Å². The maximum absolute atomic E-state index is 14.3. The van der Waals surface area contributed by atoms with Crippen molar-refractivity contribution in [1.82, 2.24) is 0 Å². The third-order valence-corrected chi connectivity index (χ3v) is 5.02. The van der Waals surface area contributed by atoms with E-state index >= 15 is 0 Å². The summed E-state index contributed by atoms with van der Waals surface area (Å²) in [6, 6.07) is 2.50. The number of benzene rings is 1. The molecule has 3 rings (SSSR count). The molecule has 1 atom stereocenters. The van der Waals surface area contributed by atoms with Crippen molar-refractivity contribution < 1.29 is 18.3 Å². The second-order valence-corrected chi connectivity index (χ2v) is 6.74. The Morgan fingerprint density at radius 1 is 1.24 bits per heavy atom. The van der Waals surface area contributed by atoms with Crippen LogP contribution in [0.5, 0.6) is 0 Å². The fourth-order valence-corrected chi connectivity index (χ4v) is 4.02. The van der Waals surface area contributed by atoms with Gasteiger partial charge in [0, 0.05) is 5.56 Å². The molecule has 0 saturated carbocycles. The largest absolute Gasteiger partial charge is 0.444 e. The number of ether oxygens (including phenoxy) is 1. The molecule has 2 aliphatic rings. The Labute approximate surface area is 126 Å². The fraction of sp³-hybridized carbons (Fsp3) is 0.533. The maximum atomic E-state index is 14.3. The monoisotopic (exact) mass is 313 g/mol. The molecule has 2 heterocycles. The summed E-state index contributed by atoms with van der Waals surface area (Å²) in [5.74, 6) is 0.677. The zero-order valence-corrected chi connectivity index (χ0v) is 12.6. The predicted molar refractivity (Wildman–Crippen MR) is 78.9 cm³/mol. The molecule has 114 valence electrons. The highest BCUT2D eigenvalue weighted by Crippen LogP contribution is 2.36. The van der Waals surface area contributed by atoms with Crippen LogP contribution in [-0.4, -0.2) is 30.2 Å². The van der Waals surface area contributed by atoms with E-state index < -0.39 is 17.7 Å². The molecular formula is C15H17F2NO2S. The van der Waals surface area contributed by atoms with Gasteiger partial charge in [0.15, 0.2) is 0 Å². The van der Waals surface area contributed by atoms with E-state index in [9.17, 15) is 13.6 Å². The van der Waals surface area contributed by atoms with Crippen molar-refractivity contribution in [1.29, 1.82) is 0 Å². The number of anilines is 1. The summed E-state index contributed by atoms with van der Waals surface area (Å²) in [6.07, 6.45) is 0.767. The van der Waals surface area contributed by atoms with Gasteiger partial charge in [-0.2, -0.15) is 11.8 Å². The Morgan fingerprint density at radius 2 is 1.86 bits per heavy atom. The van der Waals surface area contributed by atoms with Crippen molar-refractivity contribution in [3.63, 3.8) is 0 Å². The molecule has 1 amide bonds. The molecule has 1 aromatic rings. The van der Waals surface area contributed by atoms with Crippen LogP contribution in [0.2, 0.25) is 0 Å². The van der Waals surface area contributed by atoms with Gasteiger partial charge in [-0.25, -0.2) is 13.6 Å². The van der Waals surface area contributed by atoms with Crippen LogP contribution in [0.4, 0.5) is 19.3 Å². The van der Waals surface area contributed by atoms with Crippen LogP contribution in [0.25, 0.3) is 0 Å². The average Bonchev–Trinajstić information content (AvgIpc) is 2.78. The van der Waals surface area contributed by atoms with Crippen molar-refractivity contribution >= 4 is 23.5 Å². The Morgan fingerprint density at radius 3 is 2.38 bits per heavy atom. The van der Waals surface area contributed by atoms with Crippen LogP contribution in [0.3, 0.4) is 0 Å². The molecule has 0 unspecified atom stereocenters. The first-order valence-corrected chi connectivity index (χ1v) is 8.26. The number of nitrogens with zero attached hydrogens (tertiary/aromatic N) is 1. The van der Waals surface area contributed by atoms with E-state index in [2.05, 4.69) is 0 Å². The molecule has 0 N–H and O–H groups in total. The van der Waals surface area contributed by atoms with Crippen LogP contribution < -0.4 is 4.90 Å². The Hall–Kier alpha value is -1.30. The van der Waals surface area contributed by atoms with E-state index in [4.69, 9.17) is 4.74 Å². The fourth-order valence-electron chi connectivity index (χ4n) is 2.92. The minimum absolute atomic E-state index is 0.0650. The molecule has 0 bridgehead atoms. The van der Waals surface area contributed by atoms with Crippen LogP contribution in [0.15, 0.2) is 12.1 Å². The van der Waals surface area contributed by atoms with Gasteiger partial charge in [0.25, 0.3) is 0 Å². The van der Waals surface area contributed by atoms with Gasteiger partial charge >= 0.3 is 6.09 Å². The van der Waals surface area contributed by atoms with Gasteiger partial charge in [0.2, 0.25) is 0 Å². The molecule has 0 radical (unpaired) electrons. The lowest BCUT2D eigenvalue weighted by atomic mass is 9.92. The highest BCUT2D eigenvalue weighted by Gasteiger charge is 2.31. The summed E-state index contributed by atoms with van der Waals surface area (Å²) in [5.41, 5.74) is 0.396. The van der Waals surface area contributed by atoms with Crippen LogP contribution in [0, 0.1) is 11.6 Å². The average molecular weight is 313 g/mol. The lowest BCUT2D eigenvalue weighted by Crippen LogP contribution is -2.24. The Bertz CT molecular complexity index is 538. The van der Waals surface area contributed by atoms with Gasteiger partial charge in [0.1, 0.15) is 17.7 Å². The number of thioether (sulfide) groups is 1. The third kappa shape index (κ3) is 2.86. The number of carbonyl (C=O) groups excluding carboxylic acids is 1. The van der Waals surface area contributed by atoms with Crippen molar-refractivity contribution in [2.45, 2.75) is 31.8 Å². The van der Waals surface area contributed by atoms with E-state index in [0.717, 1.165) is 24.3 Å². The minimum Gasteiger partial charge on any atom is -0.444 e. The lowest BCUT2D eigenvalue weighted by Gasteiger charge is -2.23. The molecule has 2 aliphatic heterocycles. The van der Waals surface area contributed by atoms with Crippen molar-refractivity contribution in [3.8, 4) is 0 Å². The number of hydrogen-bond donors (Lipinski definition) is 0. The van der Waals surface area contributed by atoms with Crippen LogP contribution in [0.1, 0.15) is 31.2 Å². The highest BCUT2D eigenvalue weighted by atomic mass is 32.2. The first kappa shape index (κ1) is 14.6. The first-order chi connectivity index (χ1) is 10.1. The van der Waals surface area contributed by atoms with E-state index in [1.54, 1.807) is 6.92 Å². The van der Waals surface area contributed by atoms with Crippen molar-refractivity contribution in [2.75, 3.05) is 23.0 Å². The molecular weight excluding hydrogens is 296 g/mol. The number of carbonyl (C=O) groups is 1. The standard InChI is InChI=1S/C15H17F2NO2S/c1-9-8-18(15(19)20-9)11-6-12(16)14(13(17)7-11)10-2-4-21-5-3-10/h6-7,9-10H,2-5,8H2,1H3/t9-/m1/s1. The van der Waals surface area contributed by atoms with E-state index in [0.29, 0.717) is 6.54 Å². The van der Waals surface area contributed by atoms with Crippen molar-refractivity contribution in [2.24, 2.45) is 0 Å². The predicted octanol–water partition coefficient (Wildman–Crippen LogP) is 3.92. The summed E-state index contributed by atoms with van der Waals surface area (Å²) in [4.78, 5) is 12.9. The Kier molecular flexibility index (Phi) is 4.06. The smallest absolute Gasteiger partial charge is 0.414 e. The second-order valence-electron chi connectivity index (χ2n) is 5.51. The summed E-state index contributed by atoms with van der Waals surface area (Å²) in [7, 11) is 0. The molecule has 0 aromatic heterocycles. The van der Waals surface area contributed by atoms with Gasteiger partial charge in [-0.05, 0) is 49.3 Å². The maximum Gasteiger partial charge on any atom is 0.414 e. The number of rotatable bonds is 2. The summed E-state index contributed by atoms with van der Waals surface area (Å²) >= 11 is 1.81. The van der Waals surface area contributed by atoms with Crippen molar-refractivity contribution in [3.05, 3.63) is 29.3 Å². The summed E-state index contributed by atoms with van der Waals surface area (Å²) in [6.45, 7) is 2.07. The summed E-state index contributed by atoms with van der Waals surface area (Å²) < 4.78 is 33.7. The molecule has 1 aromatic carbocycles. The van der Waals surface area contributed by atoms with Gasteiger partial charge < -0.3 is 4.74 Å². The molecule has 6 heteroatoms. The normalized spacial score (nSPS) is 23.5. The zero-order valence-electron chi connectivity index (χ0n) is 11.8. The Balaban J connectivity index is 1.90. The third-order valence-electron chi connectivity index (χ3n) is 3.97. The molecule has 21 heavy (non-hydrogen) atoms. The van der Waals surface area contributed by atoms with E-state index in [1.165, 1.54) is 17.0 Å². The van der Waals surface area contributed by atoms with E-state index in [-0.39, 0.29) is 23.3 Å². The molecule has 0 spiro atoms. The molecule has 2 saturated heterocycles. The lowest BCUT2D eigenvalue weighted by molar-refractivity contribution is 0.150. The molecule has 3 nitrogen and oxygen atoms in total. The SMILES string of the molecule is C[C@@H]1CN(c2cc(F)c(C3CCSCC3)c(F)c2)C(=O)O1. The second kappa shape index (κ2) is 5.83. The molecule has 0 aliphatic carbocycles. The summed E-state index contributed by atoms with van der Waals surface area (Å²) in [5, 5.41) is 0. The minimum atomic E-state index is -0.561. The number of cyclic esters (lactones) is 1. The zero-order chi connectivity index (χ0) is 15.0. The van der Waals surface area contributed by atoms with Gasteiger partial charge in [-0.15, -0.1) is 0 Å². The molecule has 2 fully saturated rings. The number of halogens is 2. The van der Waals surface area contributed by atoms with E-state index in [1.807, 2.05) is 11.8 Å². The van der Waals surface area contributed by atoms with Crippen LogP contribution in [-0.2, 0) is 4.74 Å². The number of amides is 1. The highest BCUT2D eigenvalue weighted by molar-refractivity contribution is 7.99. The first-order valence-electron chi connectivity index (χ1n) is 7.11. The van der Waals surface area contributed by atoms with Crippen LogP contribution >= 0.6 is 11.8 Å². The topological polar surface area (TPSA) is 29.5 Å².